The number of para-hydroxylation sites is 1. The van der Waals surface area contributed by atoms with E-state index in [9.17, 15) is 10.1 Å². The van der Waals surface area contributed by atoms with Crippen LogP contribution in [-0.2, 0) is 10.5 Å². The van der Waals surface area contributed by atoms with E-state index in [4.69, 9.17) is 10.5 Å². The van der Waals surface area contributed by atoms with Crippen molar-refractivity contribution in [3.63, 3.8) is 0 Å². The number of nitrogens with zero attached hydrogens (tertiary/aromatic N) is 1. The summed E-state index contributed by atoms with van der Waals surface area (Å²) in [5.41, 5.74) is 6.91. The molecule has 1 aliphatic rings. The van der Waals surface area contributed by atoms with Gasteiger partial charge in [-0.15, -0.1) is 0 Å². The molecule has 1 heterocycles. The van der Waals surface area contributed by atoms with Gasteiger partial charge in [-0.1, -0.05) is 12.1 Å². The number of thioether (sulfide) groups is 1. The van der Waals surface area contributed by atoms with E-state index in [0.29, 0.717) is 11.0 Å². The standard InChI is InChI=1S/C12H16N2O3S/c1-8-11(5-6-17-8)18-7-9-3-2-4-10(12(9)13)14(15)16/h2-4,8,11H,5-7,13H2,1H3. The van der Waals surface area contributed by atoms with Crippen molar-refractivity contribution in [1.29, 1.82) is 0 Å². The van der Waals surface area contributed by atoms with E-state index in [1.165, 1.54) is 6.07 Å². The van der Waals surface area contributed by atoms with Crippen LogP contribution in [0.25, 0.3) is 0 Å². The first-order valence-corrected chi connectivity index (χ1v) is 6.89. The van der Waals surface area contributed by atoms with Gasteiger partial charge in [-0.25, -0.2) is 0 Å². The summed E-state index contributed by atoms with van der Waals surface area (Å²) < 4.78 is 5.49. The molecular formula is C12H16N2O3S. The molecule has 1 aromatic rings. The fraction of sp³-hybridized carbons (Fsp3) is 0.500. The van der Waals surface area contributed by atoms with Crippen LogP contribution in [0.4, 0.5) is 11.4 Å². The minimum atomic E-state index is -0.440. The van der Waals surface area contributed by atoms with Gasteiger partial charge >= 0.3 is 0 Å². The van der Waals surface area contributed by atoms with E-state index >= 15 is 0 Å². The molecule has 18 heavy (non-hydrogen) atoms. The third-order valence-corrected chi connectivity index (χ3v) is 4.65. The molecule has 6 heteroatoms. The summed E-state index contributed by atoms with van der Waals surface area (Å²) >= 11 is 1.75. The van der Waals surface area contributed by atoms with Crippen molar-refractivity contribution in [2.45, 2.75) is 30.5 Å². The van der Waals surface area contributed by atoms with Gasteiger partial charge in [-0.3, -0.25) is 10.1 Å². The zero-order chi connectivity index (χ0) is 13.1. The summed E-state index contributed by atoms with van der Waals surface area (Å²) in [4.78, 5) is 10.3. The molecule has 0 spiro atoms. The third kappa shape index (κ3) is 2.76. The van der Waals surface area contributed by atoms with Crippen LogP contribution in [0.15, 0.2) is 18.2 Å². The lowest BCUT2D eigenvalue weighted by Gasteiger charge is -2.14. The molecule has 1 aliphatic heterocycles. The van der Waals surface area contributed by atoms with Crippen molar-refractivity contribution < 1.29 is 9.66 Å². The molecule has 0 bridgehead atoms. The maximum atomic E-state index is 10.8. The van der Waals surface area contributed by atoms with Crippen LogP contribution in [-0.4, -0.2) is 22.9 Å². The van der Waals surface area contributed by atoms with Gasteiger partial charge < -0.3 is 10.5 Å². The van der Waals surface area contributed by atoms with Crippen LogP contribution < -0.4 is 5.73 Å². The minimum Gasteiger partial charge on any atom is -0.393 e. The lowest BCUT2D eigenvalue weighted by Crippen LogP contribution is -2.13. The quantitative estimate of drug-likeness (QED) is 0.516. The zero-order valence-corrected chi connectivity index (χ0v) is 11.0. The van der Waals surface area contributed by atoms with Gasteiger partial charge in [0.15, 0.2) is 0 Å². The van der Waals surface area contributed by atoms with Crippen LogP contribution in [0, 0.1) is 10.1 Å². The Kier molecular flexibility index (Phi) is 4.08. The molecule has 0 aliphatic carbocycles. The van der Waals surface area contributed by atoms with Crippen molar-refractivity contribution in [1.82, 2.24) is 0 Å². The summed E-state index contributed by atoms with van der Waals surface area (Å²) in [6, 6.07) is 4.96. The molecule has 0 saturated carbocycles. The topological polar surface area (TPSA) is 78.4 Å². The van der Waals surface area contributed by atoms with E-state index in [1.54, 1.807) is 17.8 Å². The summed E-state index contributed by atoms with van der Waals surface area (Å²) in [5.74, 6) is 0.686. The average Bonchev–Trinajstić information content (AvgIpc) is 2.73. The van der Waals surface area contributed by atoms with Crippen molar-refractivity contribution in [3.05, 3.63) is 33.9 Å². The Morgan fingerprint density at radius 1 is 1.61 bits per heavy atom. The number of benzene rings is 1. The number of ether oxygens (including phenoxy) is 1. The molecule has 2 atom stereocenters. The smallest absolute Gasteiger partial charge is 0.292 e. The van der Waals surface area contributed by atoms with E-state index < -0.39 is 4.92 Å². The third-order valence-electron chi connectivity index (χ3n) is 3.13. The number of nitrogen functional groups attached to an aromatic ring is 1. The van der Waals surface area contributed by atoms with Crippen molar-refractivity contribution in [2.75, 3.05) is 12.3 Å². The number of nitro benzene ring substituents is 1. The molecule has 2 N–H and O–H groups in total. The fourth-order valence-electron chi connectivity index (χ4n) is 2.01. The van der Waals surface area contributed by atoms with Crippen LogP contribution in [0.3, 0.4) is 0 Å². The first kappa shape index (κ1) is 13.2. The van der Waals surface area contributed by atoms with E-state index in [-0.39, 0.29) is 17.5 Å². The second-order valence-corrected chi connectivity index (χ2v) is 5.55. The summed E-state index contributed by atoms with van der Waals surface area (Å²) in [5, 5.41) is 11.2. The molecule has 0 amide bonds. The van der Waals surface area contributed by atoms with E-state index in [1.807, 2.05) is 6.07 Å². The Hall–Kier alpha value is -1.27. The molecule has 5 nitrogen and oxygen atoms in total. The zero-order valence-electron chi connectivity index (χ0n) is 10.2. The Balaban J connectivity index is 2.05. The number of hydrogen-bond donors (Lipinski definition) is 1. The first-order chi connectivity index (χ1) is 8.59. The fourth-order valence-corrected chi connectivity index (χ4v) is 3.27. The van der Waals surface area contributed by atoms with Gasteiger partial charge in [0, 0.05) is 23.7 Å². The normalized spacial score (nSPS) is 23.2. The lowest BCUT2D eigenvalue weighted by atomic mass is 10.2. The Labute approximate surface area is 110 Å². The number of anilines is 1. The maximum absolute atomic E-state index is 10.8. The molecule has 2 rings (SSSR count). The molecule has 98 valence electrons. The molecule has 0 aromatic heterocycles. The minimum absolute atomic E-state index is 0.0104. The number of rotatable bonds is 4. The molecule has 1 saturated heterocycles. The highest BCUT2D eigenvalue weighted by Gasteiger charge is 2.25. The molecule has 1 fully saturated rings. The SMILES string of the molecule is CC1OCCC1SCc1cccc([N+](=O)[O-])c1N. The van der Waals surface area contributed by atoms with Crippen LogP contribution in [0.1, 0.15) is 18.9 Å². The van der Waals surface area contributed by atoms with Crippen LogP contribution in [0.2, 0.25) is 0 Å². The molecule has 2 unspecified atom stereocenters. The van der Waals surface area contributed by atoms with E-state index in [0.717, 1.165) is 18.6 Å². The van der Waals surface area contributed by atoms with Crippen LogP contribution >= 0.6 is 11.8 Å². The van der Waals surface area contributed by atoms with Crippen LogP contribution in [0.5, 0.6) is 0 Å². The number of nitro groups is 1. The number of nitrogens with two attached hydrogens (primary N) is 1. The number of hydrogen-bond acceptors (Lipinski definition) is 5. The van der Waals surface area contributed by atoms with Crippen molar-refractivity contribution >= 4 is 23.1 Å². The van der Waals surface area contributed by atoms with Gasteiger partial charge in [-0.05, 0) is 18.9 Å². The van der Waals surface area contributed by atoms with Gasteiger partial charge in [0.2, 0.25) is 0 Å². The second kappa shape index (κ2) is 5.58. The van der Waals surface area contributed by atoms with E-state index in [2.05, 4.69) is 6.92 Å². The predicted octanol–water partition coefficient (Wildman–Crippen LogP) is 2.59. The summed E-state index contributed by atoms with van der Waals surface area (Å²) in [6.07, 6.45) is 1.27. The molecule has 0 radical (unpaired) electrons. The van der Waals surface area contributed by atoms with Crippen molar-refractivity contribution in [2.24, 2.45) is 0 Å². The highest BCUT2D eigenvalue weighted by Crippen LogP contribution is 2.33. The van der Waals surface area contributed by atoms with Gasteiger partial charge in [0.05, 0.1) is 11.0 Å². The monoisotopic (exact) mass is 268 g/mol. The average molecular weight is 268 g/mol. The molecule has 1 aromatic carbocycles. The van der Waals surface area contributed by atoms with Crippen molar-refractivity contribution in [3.8, 4) is 0 Å². The Morgan fingerprint density at radius 3 is 3.00 bits per heavy atom. The Bertz CT molecular complexity index is 453. The maximum Gasteiger partial charge on any atom is 0.292 e. The first-order valence-electron chi connectivity index (χ1n) is 5.84. The van der Waals surface area contributed by atoms with Gasteiger partial charge in [0.25, 0.3) is 5.69 Å². The molecular weight excluding hydrogens is 252 g/mol. The summed E-state index contributed by atoms with van der Waals surface area (Å²) in [7, 11) is 0. The predicted molar refractivity (Wildman–Crippen MR) is 72.6 cm³/mol. The van der Waals surface area contributed by atoms with Gasteiger partial charge in [0.1, 0.15) is 5.69 Å². The Morgan fingerprint density at radius 2 is 2.39 bits per heavy atom. The largest absolute Gasteiger partial charge is 0.393 e. The lowest BCUT2D eigenvalue weighted by molar-refractivity contribution is -0.383. The van der Waals surface area contributed by atoms with Gasteiger partial charge in [-0.2, -0.15) is 11.8 Å². The highest BCUT2D eigenvalue weighted by molar-refractivity contribution is 7.99. The highest BCUT2D eigenvalue weighted by atomic mass is 32.2. The second-order valence-electron chi connectivity index (χ2n) is 4.32. The summed E-state index contributed by atoms with van der Waals surface area (Å²) in [6.45, 7) is 2.85.